The largest absolute Gasteiger partial charge is 0.482 e. The molecule has 0 saturated carbocycles. The molecule has 1 rings (SSSR count). The molecule has 0 fully saturated rings. The fourth-order valence-corrected chi connectivity index (χ4v) is 1.55. The summed E-state index contributed by atoms with van der Waals surface area (Å²) in [6, 6.07) is 4.44. The standard InChI is InChI=1S/C7H5BBrClF3/c9-6-1-2-7(10)5(3-6)4-8(11,12)13/h1-3H,4H2/q-1. The number of benzene rings is 1. The predicted molar refractivity (Wildman–Crippen MR) is 51.9 cm³/mol. The molecule has 0 aliphatic heterocycles. The van der Waals surface area contributed by atoms with Crippen LogP contribution >= 0.6 is 27.5 Å². The average molecular weight is 272 g/mol. The third-order valence-corrected chi connectivity index (χ3v) is 2.32. The van der Waals surface area contributed by atoms with Crippen LogP contribution in [0.3, 0.4) is 0 Å². The number of rotatable bonds is 2. The van der Waals surface area contributed by atoms with Gasteiger partial charge in [0.05, 0.1) is 0 Å². The Bertz CT molecular complexity index is 313. The molecule has 0 radical (unpaired) electrons. The molecule has 0 atom stereocenters. The Morgan fingerprint density at radius 1 is 1.31 bits per heavy atom. The van der Waals surface area contributed by atoms with Crippen molar-refractivity contribution in [2.45, 2.75) is 6.32 Å². The van der Waals surface area contributed by atoms with E-state index in [-0.39, 0.29) is 10.6 Å². The van der Waals surface area contributed by atoms with Crippen molar-refractivity contribution >= 4 is 34.5 Å². The Morgan fingerprint density at radius 2 is 1.92 bits per heavy atom. The molecule has 0 N–H and O–H groups in total. The molecule has 1 aromatic carbocycles. The van der Waals surface area contributed by atoms with E-state index in [4.69, 9.17) is 11.6 Å². The van der Waals surface area contributed by atoms with Gasteiger partial charge in [0.15, 0.2) is 0 Å². The van der Waals surface area contributed by atoms with Gasteiger partial charge < -0.3 is 12.9 Å². The first-order valence-corrected chi connectivity index (χ1v) is 4.70. The Hall–Kier alpha value is -0.155. The van der Waals surface area contributed by atoms with Crippen LogP contribution in [0, 0.1) is 0 Å². The van der Waals surface area contributed by atoms with Crippen LogP contribution in [-0.2, 0) is 6.32 Å². The second-order valence-electron chi connectivity index (χ2n) is 2.65. The zero-order valence-electron chi connectivity index (χ0n) is 6.41. The van der Waals surface area contributed by atoms with Gasteiger partial charge in [0.2, 0.25) is 0 Å². The molecule has 0 aliphatic carbocycles. The van der Waals surface area contributed by atoms with Crippen LogP contribution in [0.2, 0.25) is 5.02 Å². The molecule has 0 spiro atoms. The minimum atomic E-state index is -4.82. The minimum absolute atomic E-state index is 0.114. The number of hydrogen-bond acceptors (Lipinski definition) is 0. The van der Waals surface area contributed by atoms with Gasteiger partial charge in [0, 0.05) is 9.50 Å². The summed E-state index contributed by atoms with van der Waals surface area (Å²) in [5.74, 6) is 0. The van der Waals surface area contributed by atoms with Gasteiger partial charge in [-0.2, -0.15) is 0 Å². The molecule has 72 valence electrons. The van der Waals surface area contributed by atoms with Crippen LogP contribution in [0.1, 0.15) is 5.56 Å². The SMILES string of the molecule is F[B-](F)(F)Cc1cc(Br)ccc1Cl. The smallest absolute Gasteiger partial charge is 0.449 e. The van der Waals surface area contributed by atoms with E-state index < -0.39 is 13.3 Å². The van der Waals surface area contributed by atoms with Crippen LogP contribution in [-0.4, -0.2) is 6.98 Å². The zero-order valence-corrected chi connectivity index (χ0v) is 8.75. The third kappa shape index (κ3) is 3.61. The molecule has 1 aromatic rings. The van der Waals surface area contributed by atoms with Gasteiger partial charge in [-0.15, -0.1) is 0 Å². The van der Waals surface area contributed by atoms with Crippen LogP contribution in [0.25, 0.3) is 0 Å². The summed E-state index contributed by atoms with van der Waals surface area (Å²) in [5, 5.41) is 0.155. The van der Waals surface area contributed by atoms with Crippen molar-refractivity contribution in [1.82, 2.24) is 0 Å². The van der Waals surface area contributed by atoms with E-state index in [2.05, 4.69) is 15.9 Å². The van der Waals surface area contributed by atoms with Gasteiger partial charge in [-0.3, -0.25) is 0 Å². The van der Waals surface area contributed by atoms with Gasteiger partial charge in [0.1, 0.15) is 0 Å². The van der Waals surface area contributed by atoms with Gasteiger partial charge >= 0.3 is 6.98 Å². The molecule has 0 heterocycles. The van der Waals surface area contributed by atoms with Crippen molar-refractivity contribution in [1.29, 1.82) is 0 Å². The van der Waals surface area contributed by atoms with Gasteiger partial charge in [-0.05, 0) is 18.2 Å². The highest BCUT2D eigenvalue weighted by molar-refractivity contribution is 9.10. The van der Waals surface area contributed by atoms with Crippen molar-refractivity contribution in [3.05, 3.63) is 33.3 Å². The molecule has 0 saturated heterocycles. The Labute approximate surface area is 87.3 Å². The Morgan fingerprint density at radius 3 is 2.46 bits per heavy atom. The Balaban J connectivity index is 2.94. The minimum Gasteiger partial charge on any atom is -0.449 e. The number of hydrogen-bond donors (Lipinski definition) is 0. The molecule has 0 aromatic heterocycles. The summed E-state index contributed by atoms with van der Waals surface area (Å²) in [6.07, 6.45) is -0.932. The van der Waals surface area contributed by atoms with E-state index in [0.29, 0.717) is 4.47 Å². The molecule has 6 heteroatoms. The fraction of sp³-hybridized carbons (Fsp3) is 0.143. The monoisotopic (exact) mass is 271 g/mol. The lowest BCUT2D eigenvalue weighted by molar-refractivity contribution is 0.468. The summed E-state index contributed by atoms with van der Waals surface area (Å²) in [7, 11) is 0. The molecular weight excluding hydrogens is 267 g/mol. The first-order valence-electron chi connectivity index (χ1n) is 3.53. The summed E-state index contributed by atoms with van der Waals surface area (Å²) in [4.78, 5) is 0. The molecule has 0 amide bonds. The molecular formula is C7H5BBrClF3-. The van der Waals surface area contributed by atoms with Crippen molar-refractivity contribution < 1.29 is 12.9 Å². The van der Waals surface area contributed by atoms with E-state index in [9.17, 15) is 12.9 Å². The van der Waals surface area contributed by atoms with Crippen molar-refractivity contribution in [2.24, 2.45) is 0 Å². The summed E-state index contributed by atoms with van der Waals surface area (Å²) >= 11 is 8.68. The van der Waals surface area contributed by atoms with Crippen molar-refractivity contribution in [3.63, 3.8) is 0 Å². The van der Waals surface area contributed by atoms with E-state index >= 15 is 0 Å². The molecule has 0 unspecified atom stereocenters. The number of halogens is 5. The second kappa shape index (κ2) is 3.92. The molecule has 0 nitrogen and oxygen atoms in total. The molecule has 0 bridgehead atoms. The van der Waals surface area contributed by atoms with Gasteiger partial charge in [-0.25, -0.2) is 0 Å². The van der Waals surface area contributed by atoms with E-state index in [1.165, 1.54) is 12.1 Å². The topological polar surface area (TPSA) is 0 Å². The maximum absolute atomic E-state index is 12.0. The maximum Gasteiger partial charge on any atom is 0.482 e. The highest BCUT2D eigenvalue weighted by Crippen LogP contribution is 2.25. The lowest BCUT2D eigenvalue weighted by Gasteiger charge is -2.14. The van der Waals surface area contributed by atoms with Crippen LogP contribution < -0.4 is 0 Å². The van der Waals surface area contributed by atoms with Crippen molar-refractivity contribution in [3.8, 4) is 0 Å². The highest BCUT2D eigenvalue weighted by Gasteiger charge is 2.24. The lowest BCUT2D eigenvalue weighted by atomic mass is 9.82. The van der Waals surface area contributed by atoms with Crippen LogP contribution in [0.4, 0.5) is 12.9 Å². The maximum atomic E-state index is 12.0. The van der Waals surface area contributed by atoms with E-state index in [0.717, 1.165) is 0 Å². The summed E-state index contributed by atoms with van der Waals surface area (Å²) < 4.78 is 36.7. The lowest BCUT2D eigenvalue weighted by Crippen LogP contribution is -2.19. The van der Waals surface area contributed by atoms with Crippen molar-refractivity contribution in [2.75, 3.05) is 0 Å². The summed E-state index contributed by atoms with van der Waals surface area (Å²) in [5.41, 5.74) is 0.114. The summed E-state index contributed by atoms with van der Waals surface area (Å²) in [6.45, 7) is -4.82. The zero-order chi connectivity index (χ0) is 10.1. The normalized spacial score (nSPS) is 11.8. The molecule has 0 aliphatic rings. The van der Waals surface area contributed by atoms with Crippen LogP contribution in [0.15, 0.2) is 22.7 Å². The fourth-order valence-electron chi connectivity index (χ4n) is 0.949. The first-order chi connectivity index (χ1) is 5.88. The van der Waals surface area contributed by atoms with Gasteiger partial charge in [-0.1, -0.05) is 39.4 Å². The van der Waals surface area contributed by atoms with E-state index in [1.807, 2.05) is 0 Å². The quantitative estimate of drug-likeness (QED) is 0.713. The molecule has 13 heavy (non-hydrogen) atoms. The highest BCUT2D eigenvalue weighted by atomic mass is 79.9. The predicted octanol–water partition coefficient (Wildman–Crippen LogP) is 4.03. The average Bonchev–Trinajstić information content (AvgIpc) is 1.94. The third-order valence-electron chi connectivity index (χ3n) is 1.46. The first kappa shape index (κ1) is 10.9. The Kier molecular flexibility index (Phi) is 3.30. The second-order valence-corrected chi connectivity index (χ2v) is 3.97. The van der Waals surface area contributed by atoms with E-state index in [1.54, 1.807) is 6.07 Å². The van der Waals surface area contributed by atoms with Crippen LogP contribution in [0.5, 0.6) is 0 Å². The van der Waals surface area contributed by atoms with Gasteiger partial charge in [0.25, 0.3) is 0 Å².